The van der Waals surface area contributed by atoms with E-state index < -0.39 is 21.4 Å². The molecular formula is C110H78N7O3P3. The highest BCUT2D eigenvalue weighted by Gasteiger charge is 2.45. The second-order valence-corrected chi connectivity index (χ2v) is 40.0. The number of fused-ring (bicyclic) bond motifs is 15. The van der Waals surface area contributed by atoms with E-state index in [2.05, 4.69) is 259 Å². The van der Waals surface area contributed by atoms with Crippen molar-refractivity contribution in [1.29, 1.82) is 0 Å². The molecule has 4 aromatic heterocycles. The fourth-order valence-electron chi connectivity index (χ4n) is 20.1. The summed E-state index contributed by atoms with van der Waals surface area (Å²) in [5.74, 6) is 2.92. The van der Waals surface area contributed by atoms with Crippen LogP contribution < -0.4 is 47.7 Å². The lowest BCUT2D eigenvalue weighted by atomic mass is 9.92. The van der Waals surface area contributed by atoms with E-state index in [0.717, 1.165) is 190 Å². The van der Waals surface area contributed by atoms with E-state index >= 15 is 13.7 Å². The van der Waals surface area contributed by atoms with Crippen LogP contribution in [0.5, 0.6) is 0 Å². The zero-order valence-electron chi connectivity index (χ0n) is 67.7. The van der Waals surface area contributed by atoms with Gasteiger partial charge in [0.2, 0.25) is 0 Å². The Hall–Kier alpha value is -14.2. The largest absolute Gasteiger partial charge is 0.308 e. The predicted molar refractivity (Wildman–Crippen MR) is 515 cm³/mol. The number of aryl methyl sites for hydroxylation is 3. The van der Waals surface area contributed by atoms with Gasteiger partial charge in [0, 0.05) is 101 Å². The molecule has 22 aromatic rings. The minimum absolute atomic E-state index is 0.761. The maximum atomic E-state index is 15.6. The van der Waals surface area contributed by atoms with Gasteiger partial charge in [0.05, 0.1) is 55.7 Å². The third kappa shape index (κ3) is 11.1. The molecule has 0 radical (unpaired) electrons. The van der Waals surface area contributed by atoms with Crippen molar-refractivity contribution >= 4 is 167 Å². The fourth-order valence-corrected chi connectivity index (χ4v) is 29.2. The molecule has 25 rings (SSSR count). The lowest BCUT2D eigenvalue weighted by Crippen LogP contribution is -2.33. The number of pyridine rings is 1. The molecule has 123 heavy (non-hydrogen) atoms. The van der Waals surface area contributed by atoms with Crippen LogP contribution >= 0.6 is 21.4 Å². The van der Waals surface area contributed by atoms with Crippen LogP contribution in [-0.4, -0.2) is 33.6 Å². The Bertz CT molecular complexity index is 8010. The minimum Gasteiger partial charge on any atom is -0.308 e. The maximum absolute atomic E-state index is 15.6. The molecule has 0 spiro atoms. The van der Waals surface area contributed by atoms with E-state index in [4.69, 9.17) is 19.9 Å². The van der Waals surface area contributed by atoms with Crippen molar-refractivity contribution in [3.05, 3.63) is 400 Å². The van der Waals surface area contributed by atoms with Crippen molar-refractivity contribution in [2.45, 2.75) is 40.0 Å². The molecular weight excluding hydrogens is 1560 g/mol. The number of hydrogen-bond donors (Lipinski definition) is 0. The smallest absolute Gasteiger partial charge is 0.175 e. The molecule has 0 amide bonds. The van der Waals surface area contributed by atoms with Gasteiger partial charge in [-0.2, -0.15) is 0 Å². The van der Waals surface area contributed by atoms with E-state index in [1.807, 2.05) is 158 Å². The molecule has 0 bridgehead atoms. The summed E-state index contributed by atoms with van der Waals surface area (Å²) < 4.78 is 53.6. The monoisotopic (exact) mass is 1640 g/mol. The van der Waals surface area contributed by atoms with Crippen LogP contribution in [0, 0.1) is 0 Å². The van der Waals surface area contributed by atoms with E-state index in [-0.39, 0.29) is 0 Å². The molecule has 0 fully saturated rings. The highest BCUT2D eigenvalue weighted by molar-refractivity contribution is 7.87. The first-order valence-corrected chi connectivity index (χ1v) is 47.3. The summed E-state index contributed by atoms with van der Waals surface area (Å²) in [5, 5.41) is 20.9. The number of hydrogen-bond acceptors (Lipinski definition) is 7. The van der Waals surface area contributed by atoms with Crippen LogP contribution in [-0.2, 0) is 33.0 Å². The molecule has 18 aromatic carbocycles. The van der Waals surface area contributed by atoms with Crippen LogP contribution in [0.4, 0.5) is 0 Å². The summed E-state index contributed by atoms with van der Waals surface area (Å²) in [4.78, 5) is 19.9. The van der Waals surface area contributed by atoms with E-state index in [9.17, 15) is 0 Å². The van der Waals surface area contributed by atoms with Gasteiger partial charge in [-0.1, -0.05) is 318 Å². The minimum atomic E-state index is -3.19. The van der Waals surface area contributed by atoms with Crippen molar-refractivity contribution < 1.29 is 13.7 Å². The molecule has 0 saturated heterocycles. The first kappa shape index (κ1) is 73.9. The van der Waals surface area contributed by atoms with Gasteiger partial charge in [-0.05, 0) is 155 Å². The Morgan fingerprint density at radius 2 is 0.545 bits per heavy atom. The second-order valence-electron chi connectivity index (χ2n) is 31.9. The van der Waals surface area contributed by atoms with Crippen molar-refractivity contribution in [3.63, 3.8) is 0 Å². The molecule has 3 atom stereocenters. The molecule has 10 nitrogen and oxygen atoms in total. The molecule has 0 saturated carbocycles. The van der Waals surface area contributed by atoms with E-state index in [0.29, 0.717) is 0 Å². The molecule has 7 heterocycles. The average Bonchev–Trinajstić information content (AvgIpc) is 1.69. The number of rotatable bonds is 10. The average molecular weight is 1640 g/mol. The molecule has 3 aliphatic heterocycles. The van der Waals surface area contributed by atoms with Crippen LogP contribution in [0.2, 0.25) is 0 Å². The lowest BCUT2D eigenvalue weighted by molar-refractivity contribution is 0.591. The van der Waals surface area contributed by atoms with E-state index in [1.165, 1.54) is 54.2 Å². The molecule has 3 unspecified atom stereocenters. The van der Waals surface area contributed by atoms with Gasteiger partial charge in [-0.15, -0.1) is 0 Å². The third-order valence-corrected chi connectivity index (χ3v) is 34.8. The van der Waals surface area contributed by atoms with Crippen LogP contribution in [0.15, 0.2) is 382 Å². The summed E-state index contributed by atoms with van der Waals surface area (Å²) in [6.45, 7) is 6.41. The number of aromatic nitrogens is 7. The summed E-state index contributed by atoms with van der Waals surface area (Å²) in [6, 6.07) is 130. The Morgan fingerprint density at radius 3 is 0.959 bits per heavy atom. The summed E-state index contributed by atoms with van der Waals surface area (Å²) >= 11 is 0. The number of benzene rings is 18. The third-order valence-electron chi connectivity index (χ3n) is 25.5. The number of nitrogens with zero attached hydrogens (tertiary/aromatic N) is 7. The standard InChI is InChI=1S/C41H29N2OP.C35H25N2OP.C34H24N3OP/c1-2-39-42-36-19-11-21-38-41(36)43(39)40-32(18-10-20-37(40)45(38,44)30-13-4-3-5-14-30)27-22-24-28(25-23-27)35-26-29-12-6-7-15-31(29)33-16-8-9-17-34(33)35;1-2-33-36-30-19-11-21-32-35(30)37(33)34-28(18-10-20-31(34)39(32,38)24-13-4-3-5-14-24)29-22-23-12-6-7-15-25(23)26-16-8-9-17-27(26)29;1-2-31-36-28-17-9-19-30-34(28)37(31)33-26(15-8-18-29(33)39(30,38)23-12-4-3-5-13-23)27-21-22-11-6-7-14-24(22)32-25(27)16-10-20-35-32/h3-26H,2H2,1H3;3-22H,2H2,1H3;3-21H,2H2,1H3. The zero-order chi connectivity index (χ0) is 82.4. The first-order chi connectivity index (χ1) is 60.6. The first-order valence-electron chi connectivity index (χ1n) is 42.2. The zero-order valence-corrected chi connectivity index (χ0v) is 70.4. The maximum Gasteiger partial charge on any atom is 0.175 e. The molecule has 0 N–H and O–H groups in total. The van der Waals surface area contributed by atoms with Gasteiger partial charge in [-0.3, -0.25) is 18.7 Å². The van der Waals surface area contributed by atoms with Gasteiger partial charge in [0.15, 0.2) is 21.4 Å². The molecule has 13 heteroatoms. The van der Waals surface area contributed by atoms with Crippen molar-refractivity contribution in [1.82, 2.24) is 33.6 Å². The van der Waals surface area contributed by atoms with Crippen LogP contribution in [0.1, 0.15) is 38.2 Å². The summed E-state index contributed by atoms with van der Waals surface area (Å²) in [5.41, 5.74) is 18.3. The fraction of sp³-hybridized carbons (Fsp3) is 0.0545. The van der Waals surface area contributed by atoms with Crippen molar-refractivity contribution in [2.24, 2.45) is 0 Å². The number of imidazole rings is 3. The quantitative estimate of drug-likeness (QED) is 0.0988. The van der Waals surface area contributed by atoms with Gasteiger partial charge >= 0.3 is 0 Å². The highest BCUT2D eigenvalue weighted by Crippen LogP contribution is 2.56. The predicted octanol–water partition coefficient (Wildman–Crippen LogP) is 23.6. The van der Waals surface area contributed by atoms with Crippen LogP contribution in [0.3, 0.4) is 0 Å². The molecule has 3 aliphatic rings. The lowest BCUT2D eigenvalue weighted by Gasteiger charge is -2.31. The van der Waals surface area contributed by atoms with Crippen molar-refractivity contribution in [3.8, 4) is 61.6 Å². The Balaban J connectivity index is 0.000000107. The Morgan fingerprint density at radius 1 is 0.244 bits per heavy atom. The van der Waals surface area contributed by atoms with Crippen molar-refractivity contribution in [2.75, 3.05) is 0 Å². The Labute approximate surface area is 710 Å². The topological polar surface area (TPSA) is 118 Å². The van der Waals surface area contributed by atoms with E-state index in [1.54, 1.807) is 0 Å². The van der Waals surface area contributed by atoms with Crippen LogP contribution in [0.25, 0.3) is 159 Å². The molecule has 0 aliphatic carbocycles. The van der Waals surface area contributed by atoms with Gasteiger partial charge < -0.3 is 13.7 Å². The normalized spacial score (nSPS) is 15.9. The number of para-hydroxylation sites is 6. The van der Waals surface area contributed by atoms with Gasteiger partial charge in [-0.25, -0.2) is 15.0 Å². The van der Waals surface area contributed by atoms with Gasteiger partial charge in [0.25, 0.3) is 0 Å². The SMILES string of the molecule is CCc1nc2cccc3c2n1-c1c(-c2cc4ccccc4c4ccccc24)cccc1P3(=O)c1ccccc1.CCc1nc2cccc3c2n1-c1c(-c2cc4ccccc4c4ncccc24)cccc1P3(=O)c1ccccc1.CCc1nc2cccc3c2n1-c1c(-c2ccc(-c4cc5ccccc5c5ccccc45)cc2)cccc1P3(=O)c1ccccc1. The van der Waals surface area contributed by atoms with Gasteiger partial charge in [0.1, 0.15) is 17.5 Å². The molecule has 586 valence electrons. The summed E-state index contributed by atoms with van der Waals surface area (Å²) in [6.07, 6.45) is 4.16. The summed E-state index contributed by atoms with van der Waals surface area (Å²) in [7, 11) is -9.55. The second kappa shape index (κ2) is 29.0. The highest BCUT2D eigenvalue weighted by atomic mass is 31.2. The Kier molecular flexibility index (Phi) is 17.4.